The highest BCUT2D eigenvalue weighted by Gasteiger charge is 2.16. The monoisotopic (exact) mass is 848 g/mol. The fourth-order valence-corrected chi connectivity index (χ4v) is 6.31. The molecule has 3 aromatic rings. The van der Waals surface area contributed by atoms with Crippen LogP contribution in [0.5, 0.6) is 11.5 Å². The van der Waals surface area contributed by atoms with Crippen LogP contribution in [-0.2, 0) is 49.8 Å². The van der Waals surface area contributed by atoms with Crippen LogP contribution in [0.15, 0.2) is 65.7 Å². The average molecular weight is 849 g/mol. The molecule has 5 N–H and O–H groups in total. The number of halogens is 1. The molecule has 0 aliphatic carbocycles. The number of sulfonamides is 1. The smallest absolute Gasteiger partial charge is 0.329 e. The van der Waals surface area contributed by atoms with E-state index in [1.165, 1.54) is 54.7 Å². The normalized spacial score (nSPS) is 11.2. The second kappa shape index (κ2) is 27.5. The van der Waals surface area contributed by atoms with Gasteiger partial charge >= 0.3 is 11.9 Å². The van der Waals surface area contributed by atoms with Crippen LogP contribution in [0, 0.1) is 5.82 Å². The Morgan fingerprint density at radius 3 is 1.92 bits per heavy atom. The van der Waals surface area contributed by atoms with E-state index in [0.29, 0.717) is 29.9 Å². The van der Waals surface area contributed by atoms with Crippen molar-refractivity contribution in [2.45, 2.75) is 62.7 Å². The summed E-state index contributed by atoms with van der Waals surface area (Å²) in [5.41, 5.74) is 0.726. The Labute approximate surface area is 343 Å². The summed E-state index contributed by atoms with van der Waals surface area (Å²) in [4.78, 5) is 49.2. The van der Waals surface area contributed by atoms with Crippen molar-refractivity contribution < 1.29 is 65.9 Å². The van der Waals surface area contributed by atoms with E-state index in [1.807, 2.05) is 0 Å². The Hall–Kier alpha value is -5.21. The lowest BCUT2D eigenvalue weighted by molar-refractivity contribution is -0.143. The van der Waals surface area contributed by atoms with Crippen LogP contribution in [0.1, 0.15) is 67.3 Å². The van der Waals surface area contributed by atoms with Crippen molar-refractivity contribution in [3.05, 3.63) is 77.7 Å². The first-order chi connectivity index (χ1) is 28.4. The number of ether oxygens (including phenoxy) is 5. The number of rotatable bonds is 32. The molecule has 19 heteroatoms. The number of benzene rings is 2. The molecule has 17 nitrogen and oxygen atoms in total. The minimum Gasteiger partial charge on any atom is -0.481 e. The lowest BCUT2D eigenvalue weighted by atomic mass is 10.0. The Bertz CT molecular complexity index is 1850. The maximum atomic E-state index is 14.5. The van der Waals surface area contributed by atoms with Crippen molar-refractivity contribution >= 4 is 39.6 Å². The van der Waals surface area contributed by atoms with Crippen molar-refractivity contribution in [1.29, 1.82) is 0 Å². The fraction of sp³-hybridized carbons (Fsp3) is 0.475. The quantitative estimate of drug-likeness (QED) is 0.0542. The summed E-state index contributed by atoms with van der Waals surface area (Å²) >= 11 is 0. The molecule has 1 heterocycles. The van der Waals surface area contributed by atoms with Gasteiger partial charge in [0.15, 0.2) is 0 Å². The number of aliphatic carboxylic acids is 2. The molecule has 0 saturated carbocycles. The number of carbonyl (C=O) groups is 4. The van der Waals surface area contributed by atoms with Gasteiger partial charge in [0.05, 0.1) is 50.1 Å². The average Bonchev–Trinajstić information content (AvgIpc) is 3.20. The topological polar surface area (TPSA) is 238 Å². The first kappa shape index (κ1) is 48.2. The summed E-state index contributed by atoms with van der Waals surface area (Å²) in [6.07, 6.45) is 8.28. The molecule has 0 spiro atoms. The summed E-state index contributed by atoms with van der Waals surface area (Å²) in [5, 5.41) is 22.4. The van der Waals surface area contributed by atoms with E-state index in [0.717, 1.165) is 38.5 Å². The molecule has 324 valence electrons. The fourth-order valence-electron chi connectivity index (χ4n) is 5.31. The molecule has 0 unspecified atom stereocenters. The van der Waals surface area contributed by atoms with Crippen molar-refractivity contribution in [1.82, 2.24) is 15.6 Å². The number of carboxylic acids is 2. The van der Waals surface area contributed by atoms with Crippen LogP contribution in [0.3, 0.4) is 0 Å². The molecule has 1 aromatic heterocycles. The molecular formula is C40H53FN4O13S. The zero-order valence-electron chi connectivity index (χ0n) is 32.8. The number of carboxylic acid groups (broad SMARTS) is 2. The Kier molecular flexibility index (Phi) is 22.4. The van der Waals surface area contributed by atoms with Crippen LogP contribution in [0.25, 0.3) is 0 Å². The second-order valence-corrected chi connectivity index (χ2v) is 14.7. The zero-order chi connectivity index (χ0) is 42.7. The number of nitrogens with zero attached hydrogens (tertiary/aromatic N) is 1. The molecular weight excluding hydrogens is 796 g/mol. The van der Waals surface area contributed by atoms with Crippen LogP contribution in [-0.4, -0.2) is 113 Å². The highest BCUT2D eigenvalue weighted by atomic mass is 32.2. The first-order valence-corrected chi connectivity index (χ1v) is 20.8. The van der Waals surface area contributed by atoms with Gasteiger partial charge in [-0.1, -0.05) is 32.1 Å². The third-order valence-corrected chi connectivity index (χ3v) is 9.66. The largest absolute Gasteiger partial charge is 0.481 e. The lowest BCUT2D eigenvalue weighted by Gasteiger charge is -2.11. The van der Waals surface area contributed by atoms with Crippen molar-refractivity contribution in [2.75, 3.05) is 70.7 Å². The van der Waals surface area contributed by atoms with E-state index in [-0.39, 0.29) is 93.8 Å². The summed E-state index contributed by atoms with van der Waals surface area (Å²) < 4.78 is 69.4. The summed E-state index contributed by atoms with van der Waals surface area (Å²) in [5.74, 6) is -2.16. The van der Waals surface area contributed by atoms with Gasteiger partial charge in [-0.2, -0.15) is 0 Å². The number of pyridine rings is 1. The third kappa shape index (κ3) is 20.9. The molecule has 59 heavy (non-hydrogen) atoms. The molecule has 0 atom stereocenters. The molecule has 2 amide bonds. The molecule has 0 aliphatic rings. The minimum absolute atomic E-state index is 0.00173. The number of unbranched alkanes of at least 4 members (excludes halogenated alkanes) is 6. The van der Waals surface area contributed by atoms with Crippen LogP contribution in [0.4, 0.5) is 10.2 Å². The van der Waals surface area contributed by atoms with Gasteiger partial charge in [0.2, 0.25) is 5.91 Å². The number of hydrogen-bond acceptors (Lipinski definition) is 12. The Morgan fingerprint density at radius 1 is 0.661 bits per heavy atom. The van der Waals surface area contributed by atoms with Crippen LogP contribution >= 0.6 is 0 Å². The molecule has 0 fully saturated rings. The van der Waals surface area contributed by atoms with Gasteiger partial charge in [-0.25, -0.2) is 22.6 Å². The van der Waals surface area contributed by atoms with E-state index in [9.17, 15) is 32.0 Å². The predicted molar refractivity (Wildman–Crippen MR) is 212 cm³/mol. The van der Waals surface area contributed by atoms with Gasteiger partial charge in [-0.05, 0) is 79.4 Å². The standard InChI is InChI=1S/C40H53FN4O13S/c41-35-16-13-33(26-30(35)8-6-4-2-1-3-5-7-9-38(47)48)58-32-11-14-34(15-12-32)59(52,53)45-36-17-10-31(27-44-36)40(51)43-19-21-55-22-24-56-28-37(46)42-18-20-54-23-25-57-29-39(49)50/h10-17,26-27H,1-9,18-25,28-29H2,(H,42,46)(H,43,51)(H,44,45)(H,47,48)(H,49,50). The molecule has 0 radical (unpaired) electrons. The van der Waals surface area contributed by atoms with E-state index in [4.69, 9.17) is 33.9 Å². The molecule has 0 bridgehead atoms. The van der Waals surface area contributed by atoms with Gasteiger partial charge in [-0.15, -0.1) is 0 Å². The van der Waals surface area contributed by atoms with E-state index in [2.05, 4.69) is 20.3 Å². The third-order valence-electron chi connectivity index (χ3n) is 8.29. The van der Waals surface area contributed by atoms with Crippen molar-refractivity contribution in [2.24, 2.45) is 0 Å². The SMILES string of the molecule is O=C(O)CCCCCCCCCc1cc(Oc2ccc(S(=O)(=O)Nc3ccc(C(=O)NCCOCCOCC(=O)NCCOCCOCC(=O)O)cn3)cc2)ccc1F. The number of hydrogen-bond donors (Lipinski definition) is 5. The van der Waals surface area contributed by atoms with E-state index in [1.54, 1.807) is 6.07 Å². The lowest BCUT2D eigenvalue weighted by Crippen LogP contribution is -2.31. The van der Waals surface area contributed by atoms with Gasteiger partial charge < -0.3 is 44.5 Å². The maximum Gasteiger partial charge on any atom is 0.329 e. The molecule has 2 aromatic carbocycles. The minimum atomic E-state index is -4.03. The number of carbonyl (C=O) groups excluding carboxylic acids is 2. The second-order valence-electron chi connectivity index (χ2n) is 13.1. The number of amides is 2. The number of aryl methyl sites for hydroxylation is 1. The van der Waals surface area contributed by atoms with E-state index < -0.39 is 34.5 Å². The molecule has 0 saturated heterocycles. The summed E-state index contributed by atoms with van der Waals surface area (Å²) in [6, 6.07) is 13.0. The Morgan fingerprint density at radius 2 is 1.27 bits per heavy atom. The number of anilines is 1. The van der Waals surface area contributed by atoms with Crippen LogP contribution in [0.2, 0.25) is 0 Å². The van der Waals surface area contributed by atoms with Crippen molar-refractivity contribution in [3.63, 3.8) is 0 Å². The maximum absolute atomic E-state index is 14.5. The predicted octanol–water partition coefficient (Wildman–Crippen LogP) is 4.56. The first-order valence-electron chi connectivity index (χ1n) is 19.3. The van der Waals surface area contributed by atoms with Gasteiger partial charge in [-0.3, -0.25) is 19.1 Å². The molecule has 0 aliphatic heterocycles. The summed E-state index contributed by atoms with van der Waals surface area (Å²) in [6.45, 7) is 0.952. The Balaban J connectivity index is 1.29. The number of nitrogens with one attached hydrogen (secondary N) is 3. The van der Waals surface area contributed by atoms with Gasteiger partial charge in [0, 0.05) is 25.7 Å². The summed E-state index contributed by atoms with van der Waals surface area (Å²) in [7, 11) is -4.03. The van der Waals surface area contributed by atoms with Gasteiger partial charge in [0.1, 0.15) is 36.3 Å². The van der Waals surface area contributed by atoms with Crippen molar-refractivity contribution in [3.8, 4) is 11.5 Å². The molecule has 3 rings (SSSR count). The van der Waals surface area contributed by atoms with Crippen LogP contribution < -0.4 is 20.1 Å². The highest BCUT2D eigenvalue weighted by molar-refractivity contribution is 7.92. The van der Waals surface area contributed by atoms with E-state index >= 15 is 0 Å². The number of aromatic nitrogens is 1. The van der Waals surface area contributed by atoms with Gasteiger partial charge in [0.25, 0.3) is 15.9 Å². The highest BCUT2D eigenvalue weighted by Crippen LogP contribution is 2.26. The zero-order valence-corrected chi connectivity index (χ0v) is 33.6.